The smallest absolute Gasteiger partial charge is 0.336 e. The van der Waals surface area contributed by atoms with E-state index in [1.165, 1.54) is 18.2 Å². The van der Waals surface area contributed by atoms with Crippen LogP contribution in [-0.4, -0.2) is 22.2 Å². The van der Waals surface area contributed by atoms with E-state index in [0.717, 1.165) is 16.3 Å². The lowest BCUT2D eigenvalue weighted by Crippen LogP contribution is -2.03. The van der Waals surface area contributed by atoms with Gasteiger partial charge in [-0.1, -0.05) is 66.4 Å². The van der Waals surface area contributed by atoms with Gasteiger partial charge in [0.15, 0.2) is 0 Å². The molecular weight excluding hydrogens is 352 g/mol. The van der Waals surface area contributed by atoms with Crippen molar-refractivity contribution in [2.24, 2.45) is 0 Å². The molecule has 0 unspecified atom stereocenters. The fraction of sp³-hybridized carbons (Fsp3) is 0. The molecule has 0 saturated carbocycles. The molecule has 0 aliphatic rings. The third kappa shape index (κ3) is 2.95. The molecule has 2 N–H and O–H groups in total. The zero-order valence-corrected chi connectivity index (χ0v) is 14.6. The van der Waals surface area contributed by atoms with Crippen molar-refractivity contribution in [1.29, 1.82) is 0 Å². The van der Waals surface area contributed by atoms with Crippen molar-refractivity contribution in [2.45, 2.75) is 0 Å². The SMILES string of the molecule is O=C(O)c1ccc2c(C(=O)O)cccc2c1C#Cc1cccc2ccccc12. The number of carboxylic acids is 2. The van der Waals surface area contributed by atoms with Crippen molar-refractivity contribution in [2.75, 3.05) is 0 Å². The van der Waals surface area contributed by atoms with Crippen LogP contribution in [0.2, 0.25) is 0 Å². The van der Waals surface area contributed by atoms with Crippen molar-refractivity contribution in [3.8, 4) is 11.8 Å². The second kappa shape index (κ2) is 6.90. The van der Waals surface area contributed by atoms with E-state index in [0.29, 0.717) is 16.3 Å². The molecule has 4 aromatic carbocycles. The monoisotopic (exact) mass is 366 g/mol. The Bertz CT molecular complexity index is 1320. The molecule has 4 aromatic rings. The highest BCUT2D eigenvalue weighted by Crippen LogP contribution is 2.26. The van der Waals surface area contributed by atoms with Gasteiger partial charge in [-0.05, 0) is 39.7 Å². The van der Waals surface area contributed by atoms with E-state index in [9.17, 15) is 19.8 Å². The summed E-state index contributed by atoms with van der Waals surface area (Å²) < 4.78 is 0. The average Bonchev–Trinajstić information content (AvgIpc) is 2.71. The van der Waals surface area contributed by atoms with E-state index in [1.807, 2.05) is 42.5 Å². The quantitative estimate of drug-likeness (QED) is 0.500. The first-order chi connectivity index (χ1) is 13.6. The van der Waals surface area contributed by atoms with Gasteiger partial charge in [0.25, 0.3) is 0 Å². The van der Waals surface area contributed by atoms with Crippen molar-refractivity contribution < 1.29 is 19.8 Å². The minimum absolute atomic E-state index is 0.0442. The molecule has 0 spiro atoms. The van der Waals surface area contributed by atoms with E-state index >= 15 is 0 Å². The van der Waals surface area contributed by atoms with E-state index in [-0.39, 0.29) is 11.1 Å². The minimum Gasteiger partial charge on any atom is -0.478 e. The van der Waals surface area contributed by atoms with Gasteiger partial charge in [0.05, 0.1) is 11.1 Å². The molecule has 0 aromatic heterocycles. The number of hydrogen-bond acceptors (Lipinski definition) is 2. The Balaban J connectivity index is 1.99. The summed E-state index contributed by atoms with van der Waals surface area (Å²) in [6, 6.07) is 21.3. The first-order valence-electron chi connectivity index (χ1n) is 8.58. The van der Waals surface area contributed by atoms with Crippen LogP contribution in [0.3, 0.4) is 0 Å². The molecule has 4 nitrogen and oxygen atoms in total. The van der Waals surface area contributed by atoms with E-state index in [2.05, 4.69) is 11.8 Å². The number of fused-ring (bicyclic) bond motifs is 2. The molecule has 134 valence electrons. The van der Waals surface area contributed by atoms with Crippen LogP contribution in [0.15, 0.2) is 72.8 Å². The fourth-order valence-electron chi connectivity index (χ4n) is 3.32. The van der Waals surface area contributed by atoms with Crippen molar-refractivity contribution >= 4 is 33.5 Å². The van der Waals surface area contributed by atoms with Gasteiger partial charge in [-0.2, -0.15) is 0 Å². The van der Waals surface area contributed by atoms with Crippen molar-refractivity contribution in [3.63, 3.8) is 0 Å². The summed E-state index contributed by atoms with van der Waals surface area (Å²) in [5.74, 6) is 3.89. The Morgan fingerprint density at radius 2 is 1.29 bits per heavy atom. The highest BCUT2D eigenvalue weighted by molar-refractivity contribution is 6.08. The molecule has 0 bridgehead atoms. The predicted octanol–water partition coefficient (Wildman–Crippen LogP) is 4.79. The summed E-state index contributed by atoms with van der Waals surface area (Å²) >= 11 is 0. The molecule has 0 atom stereocenters. The highest BCUT2D eigenvalue weighted by Gasteiger charge is 2.16. The largest absolute Gasteiger partial charge is 0.478 e. The summed E-state index contributed by atoms with van der Waals surface area (Å²) in [4.78, 5) is 23.2. The fourth-order valence-corrected chi connectivity index (χ4v) is 3.32. The molecule has 0 fully saturated rings. The van der Waals surface area contributed by atoms with Crippen LogP contribution in [0.4, 0.5) is 0 Å². The number of aromatic carboxylic acids is 2. The van der Waals surface area contributed by atoms with Gasteiger partial charge in [0.2, 0.25) is 0 Å². The maximum atomic E-state index is 11.7. The lowest BCUT2D eigenvalue weighted by molar-refractivity contribution is 0.0688. The zero-order chi connectivity index (χ0) is 19.7. The third-order valence-electron chi connectivity index (χ3n) is 4.63. The number of hydrogen-bond donors (Lipinski definition) is 2. The second-order valence-electron chi connectivity index (χ2n) is 6.28. The first kappa shape index (κ1) is 17.3. The van der Waals surface area contributed by atoms with Gasteiger partial charge >= 0.3 is 11.9 Å². The molecule has 4 heteroatoms. The van der Waals surface area contributed by atoms with Crippen LogP contribution < -0.4 is 0 Å². The number of carbonyl (C=O) groups is 2. The summed E-state index contributed by atoms with van der Waals surface area (Å²) in [6.07, 6.45) is 0. The Kier molecular flexibility index (Phi) is 4.27. The van der Waals surface area contributed by atoms with E-state index in [1.54, 1.807) is 12.1 Å². The summed E-state index contributed by atoms with van der Waals surface area (Å²) in [6.45, 7) is 0. The molecule has 4 rings (SSSR count). The maximum absolute atomic E-state index is 11.7. The predicted molar refractivity (Wildman–Crippen MR) is 108 cm³/mol. The lowest BCUT2D eigenvalue weighted by atomic mass is 9.95. The molecule has 0 aliphatic heterocycles. The summed E-state index contributed by atoms with van der Waals surface area (Å²) in [7, 11) is 0. The highest BCUT2D eigenvalue weighted by atomic mass is 16.4. The molecule has 0 amide bonds. The van der Waals surface area contributed by atoms with Crippen LogP contribution in [0.1, 0.15) is 31.8 Å². The molecule has 0 radical (unpaired) electrons. The van der Waals surface area contributed by atoms with Gasteiger partial charge in [-0.3, -0.25) is 0 Å². The summed E-state index contributed by atoms with van der Waals surface area (Å²) in [5, 5.41) is 22.0. The van der Waals surface area contributed by atoms with E-state index in [4.69, 9.17) is 0 Å². The summed E-state index contributed by atoms with van der Waals surface area (Å²) in [5.41, 5.74) is 1.24. The van der Waals surface area contributed by atoms with Crippen LogP contribution in [0, 0.1) is 11.8 Å². The van der Waals surface area contributed by atoms with E-state index < -0.39 is 11.9 Å². The molecule has 0 heterocycles. The van der Waals surface area contributed by atoms with Crippen molar-refractivity contribution in [3.05, 3.63) is 95.1 Å². The standard InChI is InChI=1S/C24H14O4/c25-23(26)21-10-4-9-18-19(22(24(27)28)14-13-20(18)21)12-11-16-7-3-6-15-5-1-2-8-17(15)16/h1-10,13-14H,(H,25,26)(H,27,28). The zero-order valence-electron chi connectivity index (χ0n) is 14.6. The Morgan fingerprint density at radius 1 is 0.607 bits per heavy atom. The van der Waals surface area contributed by atoms with Crippen molar-refractivity contribution in [1.82, 2.24) is 0 Å². The lowest BCUT2D eigenvalue weighted by Gasteiger charge is -2.08. The van der Waals surface area contributed by atoms with Crippen LogP contribution in [0.25, 0.3) is 21.5 Å². The van der Waals surface area contributed by atoms with Crippen LogP contribution in [0.5, 0.6) is 0 Å². The second-order valence-corrected chi connectivity index (χ2v) is 6.28. The Labute approximate surface area is 160 Å². The van der Waals surface area contributed by atoms with Gasteiger partial charge in [-0.15, -0.1) is 0 Å². The number of rotatable bonds is 2. The Hall–Kier alpha value is -4.10. The van der Waals surface area contributed by atoms with Gasteiger partial charge < -0.3 is 10.2 Å². The minimum atomic E-state index is -1.11. The number of benzene rings is 4. The average molecular weight is 366 g/mol. The Morgan fingerprint density at radius 3 is 2.07 bits per heavy atom. The topological polar surface area (TPSA) is 74.6 Å². The first-order valence-corrected chi connectivity index (χ1v) is 8.58. The van der Waals surface area contributed by atoms with Crippen LogP contribution in [-0.2, 0) is 0 Å². The number of carboxylic acid groups (broad SMARTS) is 2. The molecular formula is C24H14O4. The third-order valence-corrected chi connectivity index (χ3v) is 4.63. The van der Waals surface area contributed by atoms with Gasteiger partial charge in [0, 0.05) is 11.1 Å². The van der Waals surface area contributed by atoms with Gasteiger partial charge in [0.1, 0.15) is 0 Å². The molecule has 28 heavy (non-hydrogen) atoms. The maximum Gasteiger partial charge on any atom is 0.336 e. The molecule has 0 saturated heterocycles. The van der Waals surface area contributed by atoms with Gasteiger partial charge in [-0.25, -0.2) is 9.59 Å². The molecule has 0 aliphatic carbocycles. The van der Waals surface area contributed by atoms with Crippen LogP contribution >= 0.6 is 0 Å². The normalized spacial score (nSPS) is 10.4.